The largest absolute Gasteiger partial charge is 0.357 e. The fourth-order valence-corrected chi connectivity index (χ4v) is 3.87. The summed E-state index contributed by atoms with van der Waals surface area (Å²) in [5.74, 6) is 1.61. The van der Waals surface area contributed by atoms with Crippen molar-refractivity contribution in [1.82, 2.24) is 9.97 Å². The van der Waals surface area contributed by atoms with Crippen LogP contribution in [-0.4, -0.2) is 17.0 Å². The maximum Gasteiger partial charge on any atom is 0.224 e. The summed E-state index contributed by atoms with van der Waals surface area (Å²) in [6, 6.07) is 12.6. The van der Waals surface area contributed by atoms with Gasteiger partial charge in [0.2, 0.25) is 5.95 Å². The van der Waals surface area contributed by atoms with Gasteiger partial charge < -0.3 is 5.32 Å². The van der Waals surface area contributed by atoms with Crippen LogP contribution in [0.15, 0.2) is 41.4 Å². The van der Waals surface area contributed by atoms with Crippen molar-refractivity contribution in [2.24, 2.45) is 0 Å². The van der Waals surface area contributed by atoms with Crippen molar-refractivity contribution < 1.29 is 0 Å². The van der Waals surface area contributed by atoms with Crippen molar-refractivity contribution in [2.75, 3.05) is 12.4 Å². The standard InChI is InChI=1S/C15H15N3S2/c1-10-8-12-13(17-15(16-2)18-14(12)20-10)19-9-11-6-4-3-5-7-11/h3-8H,9H2,1-2H3,(H,16,17,18). The summed E-state index contributed by atoms with van der Waals surface area (Å²) in [7, 11) is 1.85. The van der Waals surface area contributed by atoms with Crippen molar-refractivity contribution in [3.63, 3.8) is 0 Å². The molecule has 0 aliphatic carbocycles. The zero-order chi connectivity index (χ0) is 13.9. The molecule has 5 heteroatoms. The average Bonchev–Trinajstić information content (AvgIpc) is 2.86. The van der Waals surface area contributed by atoms with E-state index in [4.69, 9.17) is 0 Å². The highest BCUT2D eigenvalue weighted by molar-refractivity contribution is 7.98. The maximum absolute atomic E-state index is 4.60. The summed E-state index contributed by atoms with van der Waals surface area (Å²) in [5, 5.41) is 5.25. The lowest BCUT2D eigenvalue weighted by atomic mass is 10.2. The molecular weight excluding hydrogens is 286 g/mol. The van der Waals surface area contributed by atoms with Gasteiger partial charge in [-0.25, -0.2) is 9.97 Å². The normalized spacial score (nSPS) is 10.9. The third-order valence-corrected chi connectivity index (χ3v) is 4.93. The molecule has 0 unspecified atom stereocenters. The molecule has 2 aromatic heterocycles. The second-order valence-electron chi connectivity index (χ2n) is 4.45. The van der Waals surface area contributed by atoms with E-state index in [0.717, 1.165) is 21.0 Å². The van der Waals surface area contributed by atoms with E-state index in [2.05, 4.69) is 52.5 Å². The molecule has 0 spiro atoms. The first kappa shape index (κ1) is 13.4. The van der Waals surface area contributed by atoms with Gasteiger partial charge in [0.25, 0.3) is 0 Å². The van der Waals surface area contributed by atoms with Crippen LogP contribution in [0.4, 0.5) is 5.95 Å². The first-order valence-electron chi connectivity index (χ1n) is 6.39. The van der Waals surface area contributed by atoms with Crippen molar-refractivity contribution in [2.45, 2.75) is 17.7 Å². The molecule has 1 N–H and O–H groups in total. The van der Waals surface area contributed by atoms with E-state index >= 15 is 0 Å². The zero-order valence-corrected chi connectivity index (χ0v) is 13.0. The van der Waals surface area contributed by atoms with Crippen LogP contribution in [0, 0.1) is 6.92 Å². The quantitative estimate of drug-likeness (QED) is 0.575. The number of nitrogens with one attached hydrogen (secondary N) is 1. The van der Waals surface area contributed by atoms with Gasteiger partial charge in [0.15, 0.2) is 0 Å². The van der Waals surface area contributed by atoms with Crippen LogP contribution in [0.3, 0.4) is 0 Å². The van der Waals surface area contributed by atoms with Crippen LogP contribution in [0.1, 0.15) is 10.4 Å². The fraction of sp³-hybridized carbons (Fsp3) is 0.200. The smallest absolute Gasteiger partial charge is 0.224 e. The molecule has 102 valence electrons. The minimum absolute atomic E-state index is 0.690. The number of hydrogen-bond acceptors (Lipinski definition) is 5. The van der Waals surface area contributed by atoms with Gasteiger partial charge in [-0.05, 0) is 18.6 Å². The second-order valence-corrected chi connectivity index (χ2v) is 6.65. The summed E-state index contributed by atoms with van der Waals surface area (Å²) in [6.45, 7) is 2.11. The van der Waals surface area contributed by atoms with E-state index in [0.29, 0.717) is 5.95 Å². The van der Waals surface area contributed by atoms with Crippen LogP contribution in [0.2, 0.25) is 0 Å². The highest BCUT2D eigenvalue weighted by Crippen LogP contribution is 2.33. The molecule has 3 rings (SSSR count). The van der Waals surface area contributed by atoms with Crippen LogP contribution in [0.25, 0.3) is 10.2 Å². The van der Waals surface area contributed by atoms with Crippen molar-refractivity contribution in [3.8, 4) is 0 Å². The van der Waals surface area contributed by atoms with Crippen LogP contribution in [-0.2, 0) is 5.75 Å². The van der Waals surface area contributed by atoms with Crippen LogP contribution >= 0.6 is 23.1 Å². The van der Waals surface area contributed by atoms with E-state index < -0.39 is 0 Å². The third kappa shape index (κ3) is 2.78. The summed E-state index contributed by atoms with van der Waals surface area (Å²) in [6.07, 6.45) is 0. The molecule has 1 aromatic carbocycles. The van der Waals surface area contributed by atoms with E-state index in [1.54, 1.807) is 23.1 Å². The number of hydrogen-bond donors (Lipinski definition) is 1. The number of aromatic nitrogens is 2. The highest BCUT2D eigenvalue weighted by Gasteiger charge is 2.10. The fourth-order valence-electron chi connectivity index (χ4n) is 1.96. The lowest BCUT2D eigenvalue weighted by molar-refractivity contribution is 1.10. The SMILES string of the molecule is CNc1nc(SCc2ccccc2)c2cc(C)sc2n1. The molecule has 0 atom stereocenters. The molecule has 0 fully saturated rings. The maximum atomic E-state index is 4.60. The molecule has 0 amide bonds. The van der Waals surface area contributed by atoms with Crippen LogP contribution in [0.5, 0.6) is 0 Å². The Morgan fingerprint density at radius 3 is 2.75 bits per heavy atom. The van der Waals surface area contributed by atoms with Crippen molar-refractivity contribution in [3.05, 3.63) is 46.8 Å². The van der Waals surface area contributed by atoms with Crippen LogP contribution < -0.4 is 5.32 Å². The van der Waals surface area contributed by atoms with E-state index in [9.17, 15) is 0 Å². The summed E-state index contributed by atoms with van der Waals surface area (Å²) in [5.41, 5.74) is 1.31. The molecule has 20 heavy (non-hydrogen) atoms. The molecule has 2 heterocycles. The summed E-state index contributed by atoms with van der Waals surface area (Å²) >= 11 is 3.47. The average molecular weight is 301 g/mol. The minimum atomic E-state index is 0.690. The minimum Gasteiger partial charge on any atom is -0.357 e. The van der Waals surface area contributed by atoms with Gasteiger partial charge >= 0.3 is 0 Å². The highest BCUT2D eigenvalue weighted by atomic mass is 32.2. The predicted molar refractivity (Wildman–Crippen MR) is 87.7 cm³/mol. The topological polar surface area (TPSA) is 37.8 Å². The van der Waals surface area contributed by atoms with Gasteiger partial charge in [-0.15, -0.1) is 23.1 Å². The van der Waals surface area contributed by atoms with Gasteiger partial charge in [-0.2, -0.15) is 0 Å². The number of fused-ring (bicyclic) bond motifs is 1. The summed E-state index contributed by atoms with van der Waals surface area (Å²) < 4.78 is 0. The number of nitrogens with zero attached hydrogens (tertiary/aromatic N) is 2. The molecule has 0 radical (unpaired) electrons. The van der Waals surface area contributed by atoms with Gasteiger partial charge in [0.05, 0.1) is 0 Å². The third-order valence-electron chi connectivity index (χ3n) is 2.92. The Hall–Kier alpha value is -1.59. The summed E-state index contributed by atoms with van der Waals surface area (Å²) in [4.78, 5) is 11.4. The number of thioether (sulfide) groups is 1. The molecule has 0 aliphatic rings. The molecular formula is C15H15N3S2. The molecule has 0 bridgehead atoms. The van der Waals surface area contributed by atoms with Gasteiger partial charge in [-0.1, -0.05) is 30.3 Å². The Balaban J connectivity index is 1.93. The first-order chi connectivity index (χ1) is 9.76. The number of anilines is 1. The molecule has 0 aliphatic heterocycles. The van der Waals surface area contributed by atoms with Gasteiger partial charge in [0, 0.05) is 23.1 Å². The van der Waals surface area contributed by atoms with Crippen molar-refractivity contribution in [1.29, 1.82) is 0 Å². The molecule has 0 saturated carbocycles. The Kier molecular flexibility index (Phi) is 3.89. The first-order valence-corrected chi connectivity index (χ1v) is 8.19. The van der Waals surface area contributed by atoms with Gasteiger partial charge in [-0.3, -0.25) is 0 Å². The monoisotopic (exact) mass is 301 g/mol. The Morgan fingerprint density at radius 2 is 2.00 bits per heavy atom. The van der Waals surface area contributed by atoms with E-state index in [1.165, 1.54) is 10.4 Å². The Bertz CT molecular complexity index is 723. The van der Waals surface area contributed by atoms with E-state index in [-0.39, 0.29) is 0 Å². The molecule has 3 nitrogen and oxygen atoms in total. The second kappa shape index (κ2) is 5.81. The number of benzene rings is 1. The number of rotatable bonds is 4. The predicted octanol–water partition coefficient (Wildman–Crippen LogP) is 4.33. The van der Waals surface area contributed by atoms with Crippen molar-refractivity contribution >= 4 is 39.3 Å². The lowest BCUT2D eigenvalue weighted by Crippen LogP contribution is -1.97. The Labute approximate surface area is 126 Å². The van der Waals surface area contributed by atoms with E-state index in [1.807, 2.05) is 13.1 Å². The number of aryl methyl sites for hydroxylation is 1. The lowest BCUT2D eigenvalue weighted by Gasteiger charge is -2.05. The molecule has 3 aromatic rings. The molecule has 0 saturated heterocycles. The number of thiophene rings is 1. The zero-order valence-electron chi connectivity index (χ0n) is 11.4. The Morgan fingerprint density at radius 1 is 1.20 bits per heavy atom. The van der Waals surface area contributed by atoms with Gasteiger partial charge in [0.1, 0.15) is 9.86 Å².